The van der Waals surface area contributed by atoms with Gasteiger partial charge < -0.3 is 23.7 Å². The second-order valence-corrected chi connectivity index (χ2v) is 4.77. The Bertz CT molecular complexity index is 301. The minimum atomic E-state index is -0.655. The maximum Gasteiger partial charge on any atom is 0.219 e. The minimum absolute atomic E-state index is 0.226. The number of rotatable bonds is 10. The minimum Gasteiger partial charge on any atom is -0.363 e. The number of methoxy groups -OCH3 is 2. The van der Waals surface area contributed by atoms with Crippen LogP contribution in [0.1, 0.15) is 12.8 Å². The van der Waals surface area contributed by atoms with E-state index >= 15 is 0 Å². The number of hydrogen-bond donors (Lipinski definition) is 0. The molecular weight excluding hydrogens is 248 g/mol. The molecule has 0 bridgehead atoms. The first-order chi connectivity index (χ1) is 9.16. The second-order valence-electron chi connectivity index (χ2n) is 4.77. The molecule has 0 N–H and O–H groups in total. The fourth-order valence-corrected chi connectivity index (χ4v) is 2.19. The van der Waals surface area contributed by atoms with Crippen LogP contribution in [0, 0.1) is 0 Å². The monoisotopic (exact) mass is 270 g/mol. The van der Waals surface area contributed by atoms with Gasteiger partial charge in [-0.3, -0.25) is 0 Å². The zero-order valence-corrected chi connectivity index (χ0v) is 11.6. The third-order valence-electron chi connectivity index (χ3n) is 3.62. The first-order valence-electron chi connectivity index (χ1n) is 6.42. The molecule has 4 atom stereocenters. The van der Waals surface area contributed by atoms with Crippen LogP contribution in [0.15, 0.2) is 25.3 Å². The Labute approximate surface area is 114 Å². The van der Waals surface area contributed by atoms with Gasteiger partial charge in [-0.15, -0.1) is 13.2 Å². The summed E-state index contributed by atoms with van der Waals surface area (Å²) in [5.74, 6) is -1.31. The Kier molecular flexibility index (Phi) is 4.43. The molecule has 0 aliphatic carbocycles. The Hall–Kier alpha value is -0.720. The molecule has 0 radical (unpaired) electrons. The molecule has 2 saturated heterocycles. The summed E-state index contributed by atoms with van der Waals surface area (Å²) < 4.78 is 27.7. The Morgan fingerprint density at radius 1 is 1.00 bits per heavy atom. The lowest BCUT2D eigenvalue weighted by Gasteiger charge is -2.29. The van der Waals surface area contributed by atoms with Crippen LogP contribution in [-0.2, 0) is 23.7 Å². The third kappa shape index (κ3) is 2.90. The normalized spacial score (nSPS) is 35.5. The highest BCUT2D eigenvalue weighted by molar-refractivity contribution is 4.99. The molecule has 0 amide bonds. The molecule has 2 aliphatic heterocycles. The molecule has 2 rings (SSSR count). The maximum absolute atomic E-state index is 6.13. The summed E-state index contributed by atoms with van der Waals surface area (Å²) in [6, 6.07) is 0. The maximum atomic E-state index is 6.13. The molecule has 2 fully saturated rings. The van der Waals surface area contributed by atoms with E-state index in [1.54, 1.807) is 26.4 Å². The van der Waals surface area contributed by atoms with Crippen molar-refractivity contribution in [2.45, 2.75) is 36.6 Å². The van der Waals surface area contributed by atoms with Gasteiger partial charge in [0.05, 0.1) is 0 Å². The standard InChI is InChI=1S/C14H22O5/c1-5-7-11(13(15-3)9-17-13)19-12(8-6-2)14(16-4)10-18-14/h5-6,11-12H,1-2,7-10H2,3-4H3. The van der Waals surface area contributed by atoms with Gasteiger partial charge in [0, 0.05) is 14.2 Å². The van der Waals surface area contributed by atoms with Crippen molar-refractivity contribution in [1.29, 1.82) is 0 Å². The lowest BCUT2D eigenvalue weighted by molar-refractivity contribution is -0.193. The summed E-state index contributed by atoms with van der Waals surface area (Å²) in [5.41, 5.74) is 0. The molecule has 19 heavy (non-hydrogen) atoms. The largest absolute Gasteiger partial charge is 0.363 e. The van der Waals surface area contributed by atoms with Gasteiger partial charge >= 0.3 is 0 Å². The average Bonchev–Trinajstić information content (AvgIpc) is 3.31. The molecule has 108 valence electrons. The lowest BCUT2D eigenvalue weighted by atomic mass is 10.1. The van der Waals surface area contributed by atoms with Crippen LogP contribution >= 0.6 is 0 Å². The van der Waals surface area contributed by atoms with Crippen molar-refractivity contribution < 1.29 is 23.7 Å². The molecule has 0 aromatic rings. The van der Waals surface area contributed by atoms with Gasteiger partial charge in [0.25, 0.3) is 0 Å². The first-order valence-corrected chi connectivity index (χ1v) is 6.42. The van der Waals surface area contributed by atoms with E-state index in [9.17, 15) is 0 Å². The topological polar surface area (TPSA) is 52.8 Å². The number of ether oxygens (including phenoxy) is 5. The Balaban J connectivity index is 2.05. The van der Waals surface area contributed by atoms with Gasteiger partial charge in [0.2, 0.25) is 11.6 Å². The van der Waals surface area contributed by atoms with Crippen molar-refractivity contribution in [1.82, 2.24) is 0 Å². The van der Waals surface area contributed by atoms with Crippen molar-refractivity contribution in [3.8, 4) is 0 Å². The smallest absolute Gasteiger partial charge is 0.219 e. The zero-order chi connectivity index (χ0) is 13.9. The van der Waals surface area contributed by atoms with E-state index in [0.717, 1.165) is 0 Å². The summed E-state index contributed by atoms with van der Waals surface area (Å²) in [4.78, 5) is 0. The van der Waals surface area contributed by atoms with Gasteiger partial charge in [-0.2, -0.15) is 0 Å². The highest BCUT2D eigenvalue weighted by Gasteiger charge is 2.58. The van der Waals surface area contributed by atoms with Crippen LogP contribution in [0.4, 0.5) is 0 Å². The number of hydrogen-bond acceptors (Lipinski definition) is 5. The van der Waals surface area contributed by atoms with Crippen LogP contribution in [0.5, 0.6) is 0 Å². The highest BCUT2D eigenvalue weighted by atomic mass is 16.8. The van der Waals surface area contributed by atoms with Crippen molar-refractivity contribution >= 4 is 0 Å². The molecule has 0 spiro atoms. The molecule has 0 saturated carbocycles. The van der Waals surface area contributed by atoms with Gasteiger partial charge in [0.1, 0.15) is 25.4 Å². The van der Waals surface area contributed by atoms with E-state index < -0.39 is 11.6 Å². The Morgan fingerprint density at radius 3 is 1.58 bits per heavy atom. The van der Waals surface area contributed by atoms with E-state index in [1.165, 1.54) is 0 Å². The van der Waals surface area contributed by atoms with Crippen molar-refractivity contribution in [3.05, 3.63) is 25.3 Å². The summed E-state index contributed by atoms with van der Waals surface area (Å²) >= 11 is 0. The van der Waals surface area contributed by atoms with Crippen LogP contribution < -0.4 is 0 Å². The molecule has 2 heterocycles. The zero-order valence-electron chi connectivity index (χ0n) is 11.6. The fraction of sp³-hybridized carbons (Fsp3) is 0.714. The van der Waals surface area contributed by atoms with Gasteiger partial charge in [-0.25, -0.2) is 0 Å². The van der Waals surface area contributed by atoms with E-state index in [1.807, 2.05) is 0 Å². The molecule has 5 nitrogen and oxygen atoms in total. The van der Waals surface area contributed by atoms with E-state index in [0.29, 0.717) is 26.1 Å². The van der Waals surface area contributed by atoms with Crippen LogP contribution in [0.25, 0.3) is 0 Å². The van der Waals surface area contributed by atoms with Crippen molar-refractivity contribution in [2.24, 2.45) is 0 Å². The Morgan fingerprint density at radius 2 is 1.37 bits per heavy atom. The van der Waals surface area contributed by atoms with Crippen molar-refractivity contribution in [2.75, 3.05) is 27.4 Å². The van der Waals surface area contributed by atoms with Crippen molar-refractivity contribution in [3.63, 3.8) is 0 Å². The van der Waals surface area contributed by atoms with E-state index in [-0.39, 0.29) is 12.2 Å². The second kappa shape index (κ2) is 5.73. The molecule has 0 aromatic carbocycles. The van der Waals surface area contributed by atoms with Gasteiger partial charge in [0.15, 0.2) is 0 Å². The molecule has 2 aliphatic rings. The van der Waals surface area contributed by atoms with Crippen LogP contribution in [0.2, 0.25) is 0 Å². The fourth-order valence-electron chi connectivity index (χ4n) is 2.19. The first kappa shape index (κ1) is 14.7. The summed E-state index contributed by atoms with van der Waals surface area (Å²) in [5, 5.41) is 0. The predicted octanol–water partition coefficient (Wildman–Crippen LogP) is 1.64. The summed E-state index contributed by atoms with van der Waals surface area (Å²) in [7, 11) is 3.24. The number of epoxide rings is 2. The van der Waals surface area contributed by atoms with Gasteiger partial charge in [-0.05, 0) is 12.8 Å². The lowest BCUT2D eigenvalue weighted by Crippen LogP contribution is -2.43. The molecular formula is C14H22O5. The van der Waals surface area contributed by atoms with Crippen LogP contribution in [-0.4, -0.2) is 51.2 Å². The van der Waals surface area contributed by atoms with Gasteiger partial charge in [-0.1, -0.05) is 12.2 Å². The van der Waals surface area contributed by atoms with E-state index in [2.05, 4.69) is 13.2 Å². The molecule has 5 heteroatoms. The van der Waals surface area contributed by atoms with Crippen LogP contribution in [0.3, 0.4) is 0 Å². The SMILES string of the molecule is C=CCC(OC(CC=C)C1(OC)CO1)C1(OC)CO1. The quantitative estimate of drug-likeness (QED) is 0.446. The van der Waals surface area contributed by atoms with E-state index in [4.69, 9.17) is 23.7 Å². The molecule has 0 aromatic heterocycles. The summed E-state index contributed by atoms with van der Waals surface area (Å²) in [6.07, 6.45) is 4.42. The molecule has 4 unspecified atom stereocenters. The third-order valence-corrected chi connectivity index (χ3v) is 3.62. The predicted molar refractivity (Wildman–Crippen MR) is 69.7 cm³/mol. The highest BCUT2D eigenvalue weighted by Crippen LogP contribution is 2.41. The summed E-state index contributed by atoms with van der Waals surface area (Å²) in [6.45, 7) is 8.57. The average molecular weight is 270 g/mol.